The molecule has 3 heterocycles. The molecule has 304 valence electrons. The first-order valence-electron chi connectivity index (χ1n) is 20.7. The molecular weight excluding hydrogens is 753 g/mol. The quantitative estimate of drug-likeness (QED) is 0.150. The molecule has 8 nitrogen and oxygen atoms in total. The van der Waals surface area contributed by atoms with Gasteiger partial charge in [-0.1, -0.05) is 99.6 Å². The summed E-state index contributed by atoms with van der Waals surface area (Å²) < 4.78 is 39.9. The number of fused-ring (bicyclic) bond motifs is 10. The molecule has 60 heavy (non-hydrogen) atoms. The molecule has 0 spiro atoms. The molecule has 2 saturated carbocycles. The minimum Gasteiger partial charge on any atom is -0.491 e. The summed E-state index contributed by atoms with van der Waals surface area (Å²) >= 11 is 0. The topological polar surface area (TPSA) is 89.5 Å². The Morgan fingerprint density at radius 2 is 0.850 bits per heavy atom. The Balaban J connectivity index is 1.15. The van der Waals surface area contributed by atoms with E-state index in [0.29, 0.717) is 37.2 Å². The van der Waals surface area contributed by atoms with Crippen LogP contribution in [0.4, 0.5) is 0 Å². The molecule has 0 amide bonds. The van der Waals surface area contributed by atoms with E-state index in [1.807, 2.05) is 139 Å². The fourth-order valence-corrected chi connectivity index (χ4v) is 9.40. The van der Waals surface area contributed by atoms with Gasteiger partial charge in [-0.2, -0.15) is 0 Å². The maximum absolute atomic E-state index is 13.5. The molecule has 1 unspecified atom stereocenters. The number of benzene rings is 4. The smallest absolute Gasteiger partial charge is 0.315 e. The van der Waals surface area contributed by atoms with Crippen molar-refractivity contribution in [3.63, 3.8) is 0 Å². The van der Waals surface area contributed by atoms with Gasteiger partial charge in [0.1, 0.15) is 36.9 Å². The van der Waals surface area contributed by atoms with Gasteiger partial charge in [0.05, 0.1) is 10.8 Å². The van der Waals surface area contributed by atoms with Crippen LogP contribution in [0.2, 0.25) is 0 Å². The second-order valence-corrected chi connectivity index (χ2v) is 18.0. The van der Waals surface area contributed by atoms with Gasteiger partial charge in [-0.05, 0) is 87.4 Å². The van der Waals surface area contributed by atoms with Crippen molar-refractivity contribution < 1.29 is 38.0 Å². The molecule has 8 bridgehead atoms. The van der Waals surface area contributed by atoms with Crippen LogP contribution in [0, 0.1) is 57.2 Å². The summed E-state index contributed by atoms with van der Waals surface area (Å²) in [6.07, 6.45) is 0.468. The van der Waals surface area contributed by atoms with E-state index >= 15 is 0 Å². The molecule has 4 fully saturated rings. The molecule has 6 atom stereocenters. The predicted octanol–water partition coefficient (Wildman–Crippen LogP) is 8.59. The van der Waals surface area contributed by atoms with E-state index in [4.69, 9.17) is 28.4 Å². The molecular formula is C52H48O8. The number of esters is 2. The SMILES string of the molecule is CC1(C)[C@]2(OC3COc4cccc(c4)C#Cc4ccccc4C#Cc4ccccc4C#Cc4cccc(c4)OC[C@H]3O[C@@]34CC[C@@](C)(C(=O)O3)C4(C)C)CC[C@@]1(C)C(=O)O2. The predicted molar refractivity (Wildman–Crippen MR) is 224 cm³/mol. The fraction of sp³-hybridized carbons (Fsp3) is 0.385. The largest absolute Gasteiger partial charge is 0.491 e. The van der Waals surface area contributed by atoms with Crippen molar-refractivity contribution in [1.29, 1.82) is 0 Å². The molecule has 0 radical (unpaired) electrons. The number of carbonyl (C=O) groups excluding carboxylic acids is 2. The number of ether oxygens (including phenoxy) is 6. The number of carbonyl (C=O) groups is 2. The lowest BCUT2D eigenvalue weighted by molar-refractivity contribution is -0.320. The highest BCUT2D eigenvalue weighted by atomic mass is 16.8. The first-order chi connectivity index (χ1) is 28.7. The van der Waals surface area contributed by atoms with Crippen LogP contribution in [0.1, 0.15) is 101 Å². The Labute approximate surface area is 352 Å². The minimum atomic E-state index is -1.27. The number of rotatable bonds is 4. The van der Waals surface area contributed by atoms with E-state index in [9.17, 15) is 9.59 Å². The van der Waals surface area contributed by atoms with Crippen molar-refractivity contribution in [2.45, 2.75) is 91.0 Å². The Kier molecular flexibility index (Phi) is 9.44. The van der Waals surface area contributed by atoms with E-state index in [0.717, 1.165) is 33.4 Å². The van der Waals surface area contributed by atoms with E-state index in [2.05, 4.69) is 35.5 Å². The van der Waals surface area contributed by atoms with Gasteiger partial charge < -0.3 is 28.4 Å². The highest BCUT2D eigenvalue weighted by Gasteiger charge is 2.76. The zero-order valence-electron chi connectivity index (χ0n) is 34.9. The summed E-state index contributed by atoms with van der Waals surface area (Å²) in [5.41, 5.74) is 1.83. The van der Waals surface area contributed by atoms with Crippen molar-refractivity contribution in [1.82, 2.24) is 0 Å². The summed E-state index contributed by atoms with van der Waals surface area (Å²) in [5.74, 6) is 17.9. The van der Waals surface area contributed by atoms with Gasteiger partial charge in [-0.15, -0.1) is 0 Å². The Hall–Kier alpha value is -5.98. The van der Waals surface area contributed by atoms with E-state index < -0.39 is 45.4 Å². The molecule has 0 aromatic heterocycles. The average molecular weight is 801 g/mol. The first-order valence-corrected chi connectivity index (χ1v) is 20.7. The van der Waals surface area contributed by atoms with Crippen molar-refractivity contribution in [3.05, 3.63) is 130 Å². The van der Waals surface area contributed by atoms with Gasteiger partial charge in [0, 0.05) is 57.1 Å². The Bertz CT molecular complexity index is 2430. The Morgan fingerprint density at radius 1 is 0.483 bits per heavy atom. The molecule has 9 rings (SSSR count). The highest BCUT2D eigenvalue weighted by molar-refractivity contribution is 5.82. The molecule has 2 aliphatic carbocycles. The van der Waals surface area contributed by atoms with E-state index in [1.165, 1.54) is 0 Å². The summed E-state index contributed by atoms with van der Waals surface area (Å²) in [6.45, 7) is 12.0. The highest BCUT2D eigenvalue weighted by Crippen LogP contribution is 2.68. The van der Waals surface area contributed by atoms with Crippen molar-refractivity contribution in [2.24, 2.45) is 21.7 Å². The monoisotopic (exact) mass is 800 g/mol. The van der Waals surface area contributed by atoms with Crippen LogP contribution in [0.15, 0.2) is 97.1 Å². The van der Waals surface area contributed by atoms with Gasteiger partial charge in [0.15, 0.2) is 0 Å². The van der Waals surface area contributed by atoms with E-state index in [-0.39, 0.29) is 25.2 Å². The fourth-order valence-electron chi connectivity index (χ4n) is 9.40. The maximum atomic E-state index is 13.5. The molecule has 0 N–H and O–H groups in total. The van der Waals surface area contributed by atoms with Crippen LogP contribution in [0.25, 0.3) is 0 Å². The van der Waals surface area contributed by atoms with Gasteiger partial charge >= 0.3 is 11.9 Å². The average Bonchev–Trinajstić information content (AvgIpc) is 3.68. The van der Waals surface area contributed by atoms with Crippen molar-refractivity contribution in [2.75, 3.05) is 13.2 Å². The lowest BCUT2D eigenvalue weighted by atomic mass is 9.69. The molecule has 5 aliphatic rings. The van der Waals surface area contributed by atoms with Gasteiger partial charge in [-0.3, -0.25) is 9.59 Å². The van der Waals surface area contributed by atoms with Crippen LogP contribution in [-0.4, -0.2) is 48.9 Å². The van der Waals surface area contributed by atoms with Crippen LogP contribution < -0.4 is 9.47 Å². The molecule has 4 aromatic rings. The van der Waals surface area contributed by atoms with Gasteiger partial charge in [0.25, 0.3) is 0 Å². The van der Waals surface area contributed by atoms with Crippen LogP contribution >= 0.6 is 0 Å². The normalized spacial score (nSPS) is 30.4. The lowest BCUT2D eigenvalue weighted by Crippen LogP contribution is -2.55. The third-order valence-corrected chi connectivity index (χ3v) is 14.5. The summed E-state index contributed by atoms with van der Waals surface area (Å²) in [5, 5.41) is 0. The maximum Gasteiger partial charge on any atom is 0.315 e. The first kappa shape index (κ1) is 39.5. The molecule has 8 heteroatoms. The lowest BCUT2D eigenvalue weighted by Gasteiger charge is -2.44. The second kappa shape index (κ2) is 14.3. The Morgan fingerprint density at radius 3 is 1.18 bits per heavy atom. The zero-order valence-corrected chi connectivity index (χ0v) is 34.9. The standard InChI is InChI=1S/C52H48O8/c1-47(2)49(5)27-29-51(47,59-45(49)53)57-43-33-55-41-19-11-13-35(31-41)21-23-37-15-7-9-17-39(37)25-26-40-18-10-8-16-38(40)24-22-36-14-12-20-42(32-36)56-34-44(43)58-52-30-28-50(6,46(54)60-52)48(52,3)4/h7-20,31-32,43-44H,27-30,33-34H2,1-6H3/t43-,44?,49+,50+,51+,52+/m1/s1. The summed E-state index contributed by atoms with van der Waals surface area (Å²) in [4.78, 5) is 27.0. The molecule has 3 aliphatic heterocycles. The van der Waals surface area contributed by atoms with Gasteiger partial charge in [0.2, 0.25) is 11.6 Å². The molecule has 4 aromatic carbocycles. The summed E-state index contributed by atoms with van der Waals surface area (Å²) in [6, 6.07) is 30.8. The van der Waals surface area contributed by atoms with Crippen LogP contribution in [0.5, 0.6) is 11.5 Å². The molecule has 2 saturated heterocycles. The van der Waals surface area contributed by atoms with E-state index in [1.54, 1.807) is 0 Å². The third-order valence-electron chi connectivity index (χ3n) is 14.5. The number of hydrogen-bond donors (Lipinski definition) is 0. The zero-order chi connectivity index (χ0) is 42.0. The second-order valence-electron chi connectivity index (χ2n) is 18.0. The van der Waals surface area contributed by atoms with Crippen LogP contribution in [-0.2, 0) is 28.5 Å². The minimum absolute atomic E-state index is 0.0118. The summed E-state index contributed by atoms with van der Waals surface area (Å²) in [7, 11) is 0. The van der Waals surface area contributed by atoms with Gasteiger partial charge in [-0.25, -0.2) is 0 Å². The third kappa shape index (κ3) is 6.26. The van der Waals surface area contributed by atoms with Crippen molar-refractivity contribution >= 4 is 11.9 Å². The number of hydrogen-bond acceptors (Lipinski definition) is 8. The van der Waals surface area contributed by atoms with Crippen molar-refractivity contribution in [3.8, 4) is 47.0 Å². The van der Waals surface area contributed by atoms with Crippen LogP contribution in [0.3, 0.4) is 0 Å².